The summed E-state index contributed by atoms with van der Waals surface area (Å²) in [5.41, 5.74) is 1.24. The van der Waals surface area contributed by atoms with Crippen molar-refractivity contribution < 1.29 is 23.5 Å². The predicted octanol–water partition coefficient (Wildman–Crippen LogP) is 4.53. The number of halogens is 1. The van der Waals surface area contributed by atoms with E-state index in [1.807, 2.05) is 12.1 Å². The molecule has 2 N–H and O–H groups in total. The largest absolute Gasteiger partial charge is 0.497 e. The Hall–Kier alpha value is -3.55. The zero-order valence-electron chi connectivity index (χ0n) is 18.4. The Morgan fingerprint density at radius 3 is 2.55 bits per heavy atom. The van der Waals surface area contributed by atoms with Crippen LogP contribution in [0.1, 0.15) is 22.5 Å². The summed E-state index contributed by atoms with van der Waals surface area (Å²) in [4.78, 5) is 25.5. The summed E-state index contributed by atoms with van der Waals surface area (Å²) in [7, 11) is 3.14. The normalized spacial score (nSPS) is 11.2. The fraction of sp³-hybridized carbons (Fsp3) is 0.200. The Kier molecular flexibility index (Phi) is 8.69. The lowest BCUT2D eigenvalue weighted by Gasteiger charge is -2.11. The predicted molar refractivity (Wildman–Crippen MR) is 127 cm³/mol. The van der Waals surface area contributed by atoms with Crippen LogP contribution in [0.15, 0.2) is 70.8 Å². The molecule has 0 saturated carbocycles. The first-order valence-corrected chi connectivity index (χ1v) is 10.7. The van der Waals surface area contributed by atoms with Gasteiger partial charge in [-0.2, -0.15) is 0 Å². The van der Waals surface area contributed by atoms with Gasteiger partial charge >= 0.3 is 0 Å². The zero-order valence-corrected chi connectivity index (χ0v) is 19.1. The number of rotatable bonds is 10. The van der Waals surface area contributed by atoms with E-state index in [-0.39, 0.29) is 5.70 Å². The van der Waals surface area contributed by atoms with Gasteiger partial charge in [-0.05, 0) is 55.0 Å². The molecule has 0 unspecified atom stereocenters. The molecule has 0 bridgehead atoms. The summed E-state index contributed by atoms with van der Waals surface area (Å²) in [5, 5.41) is 6.04. The summed E-state index contributed by atoms with van der Waals surface area (Å²) in [5.74, 6) is 0.751. The van der Waals surface area contributed by atoms with Crippen molar-refractivity contribution in [1.29, 1.82) is 0 Å². The molecule has 172 valence electrons. The van der Waals surface area contributed by atoms with Crippen molar-refractivity contribution in [1.82, 2.24) is 10.6 Å². The molecule has 1 aromatic heterocycles. The third-order valence-corrected chi connectivity index (χ3v) is 4.91. The number of amides is 2. The van der Waals surface area contributed by atoms with Crippen LogP contribution in [0.3, 0.4) is 0 Å². The minimum atomic E-state index is -0.436. The Bertz CT molecular complexity index is 1120. The van der Waals surface area contributed by atoms with Crippen molar-refractivity contribution in [3.8, 4) is 17.1 Å². The number of carbonyl (C=O) groups is 2. The van der Waals surface area contributed by atoms with E-state index in [0.29, 0.717) is 47.4 Å². The lowest BCUT2D eigenvalue weighted by Crippen LogP contribution is -2.35. The summed E-state index contributed by atoms with van der Waals surface area (Å²) < 4.78 is 16.0. The first-order chi connectivity index (χ1) is 16.0. The molecule has 2 amide bonds. The maximum atomic E-state index is 12.8. The van der Waals surface area contributed by atoms with E-state index < -0.39 is 11.8 Å². The van der Waals surface area contributed by atoms with Crippen LogP contribution < -0.4 is 15.4 Å². The second-order valence-corrected chi connectivity index (χ2v) is 7.49. The summed E-state index contributed by atoms with van der Waals surface area (Å²) in [6, 6.07) is 17.3. The van der Waals surface area contributed by atoms with Crippen molar-refractivity contribution in [3.63, 3.8) is 0 Å². The lowest BCUT2D eigenvalue weighted by atomic mass is 10.2. The van der Waals surface area contributed by atoms with Crippen LogP contribution in [-0.4, -0.2) is 39.2 Å². The Morgan fingerprint density at radius 2 is 1.85 bits per heavy atom. The molecule has 0 atom stereocenters. The van der Waals surface area contributed by atoms with Crippen molar-refractivity contribution in [2.45, 2.75) is 6.42 Å². The second kappa shape index (κ2) is 11.9. The smallest absolute Gasteiger partial charge is 0.267 e. The number of methoxy groups -OCH3 is 2. The van der Waals surface area contributed by atoms with Gasteiger partial charge in [0.15, 0.2) is 0 Å². The first kappa shape index (κ1) is 24.1. The highest BCUT2D eigenvalue weighted by atomic mass is 35.5. The Balaban J connectivity index is 1.82. The molecular formula is C25H25ClN2O5. The third kappa shape index (κ3) is 6.97. The van der Waals surface area contributed by atoms with E-state index >= 15 is 0 Å². The quantitative estimate of drug-likeness (QED) is 0.337. The molecule has 3 aromatic rings. The highest BCUT2D eigenvalue weighted by Gasteiger charge is 2.16. The molecule has 1 heterocycles. The van der Waals surface area contributed by atoms with Gasteiger partial charge in [0.05, 0.1) is 7.11 Å². The lowest BCUT2D eigenvalue weighted by molar-refractivity contribution is -0.117. The van der Waals surface area contributed by atoms with Crippen molar-refractivity contribution in [3.05, 3.63) is 82.7 Å². The molecule has 0 aliphatic carbocycles. The average Bonchev–Trinajstić information content (AvgIpc) is 3.30. The molecule has 0 aliphatic rings. The van der Waals surface area contributed by atoms with E-state index in [1.54, 1.807) is 62.8 Å². The fourth-order valence-corrected chi connectivity index (χ4v) is 3.17. The van der Waals surface area contributed by atoms with Crippen LogP contribution in [0, 0.1) is 0 Å². The molecule has 3 rings (SSSR count). The Labute approximate surface area is 197 Å². The maximum absolute atomic E-state index is 12.8. The van der Waals surface area contributed by atoms with Crippen LogP contribution in [0.5, 0.6) is 5.75 Å². The number of hydrogen-bond acceptors (Lipinski definition) is 5. The topological polar surface area (TPSA) is 89.8 Å². The number of hydrogen-bond donors (Lipinski definition) is 2. The van der Waals surface area contributed by atoms with Gasteiger partial charge in [0.25, 0.3) is 11.8 Å². The van der Waals surface area contributed by atoms with Crippen LogP contribution in [0.25, 0.3) is 17.4 Å². The van der Waals surface area contributed by atoms with Crippen molar-refractivity contribution in [2.75, 3.05) is 27.4 Å². The van der Waals surface area contributed by atoms with Gasteiger partial charge in [0, 0.05) is 42.5 Å². The highest BCUT2D eigenvalue weighted by Crippen LogP contribution is 2.25. The molecule has 0 fully saturated rings. The number of furan rings is 1. The van der Waals surface area contributed by atoms with Gasteiger partial charge in [0.2, 0.25) is 0 Å². The number of benzene rings is 2. The summed E-state index contributed by atoms with van der Waals surface area (Å²) in [6.07, 6.45) is 2.13. The number of nitrogens with one attached hydrogen (secondary N) is 2. The summed E-state index contributed by atoms with van der Waals surface area (Å²) in [6.45, 7) is 0.910. The van der Waals surface area contributed by atoms with Gasteiger partial charge in [-0.1, -0.05) is 23.7 Å². The van der Waals surface area contributed by atoms with Gasteiger partial charge in [-0.3, -0.25) is 9.59 Å². The van der Waals surface area contributed by atoms with E-state index in [2.05, 4.69) is 10.6 Å². The molecule has 0 radical (unpaired) electrons. The zero-order chi connectivity index (χ0) is 23.6. The van der Waals surface area contributed by atoms with E-state index in [0.717, 1.165) is 5.56 Å². The SMILES string of the molecule is COCCCNC(=O)/C(=C/c1ccc(-c2cccc(Cl)c2)o1)NC(=O)c1ccc(OC)cc1. The molecule has 0 saturated heterocycles. The van der Waals surface area contributed by atoms with Crippen LogP contribution >= 0.6 is 11.6 Å². The molecule has 7 nitrogen and oxygen atoms in total. The fourth-order valence-electron chi connectivity index (χ4n) is 2.98. The van der Waals surface area contributed by atoms with Gasteiger partial charge in [0.1, 0.15) is 23.0 Å². The van der Waals surface area contributed by atoms with Crippen molar-refractivity contribution in [2.24, 2.45) is 0 Å². The Morgan fingerprint density at radius 1 is 1.06 bits per heavy atom. The van der Waals surface area contributed by atoms with E-state index in [9.17, 15) is 9.59 Å². The van der Waals surface area contributed by atoms with Gasteiger partial charge in [-0.15, -0.1) is 0 Å². The highest BCUT2D eigenvalue weighted by molar-refractivity contribution is 6.30. The van der Waals surface area contributed by atoms with Crippen LogP contribution in [-0.2, 0) is 9.53 Å². The molecule has 2 aromatic carbocycles. The summed E-state index contributed by atoms with van der Waals surface area (Å²) >= 11 is 6.06. The van der Waals surface area contributed by atoms with Crippen LogP contribution in [0.2, 0.25) is 5.02 Å². The van der Waals surface area contributed by atoms with E-state index in [1.165, 1.54) is 6.08 Å². The molecule has 0 aliphatic heterocycles. The molecule has 33 heavy (non-hydrogen) atoms. The minimum Gasteiger partial charge on any atom is -0.497 e. The first-order valence-electron chi connectivity index (χ1n) is 10.3. The monoisotopic (exact) mass is 468 g/mol. The van der Waals surface area contributed by atoms with Gasteiger partial charge < -0.3 is 24.5 Å². The molecule has 8 heteroatoms. The maximum Gasteiger partial charge on any atom is 0.267 e. The number of carbonyl (C=O) groups excluding carboxylic acids is 2. The molecule has 0 spiro atoms. The third-order valence-electron chi connectivity index (χ3n) is 4.68. The van der Waals surface area contributed by atoms with Crippen molar-refractivity contribution >= 4 is 29.5 Å². The molecular weight excluding hydrogens is 444 g/mol. The minimum absolute atomic E-state index is 0.0558. The number of ether oxygens (including phenoxy) is 2. The van der Waals surface area contributed by atoms with Crippen LogP contribution in [0.4, 0.5) is 0 Å². The standard InChI is InChI=1S/C25H25ClN2O5/c1-31-14-4-13-27-25(30)22(28-24(29)17-7-9-20(32-2)10-8-17)16-21-11-12-23(33-21)18-5-3-6-19(26)15-18/h3,5-12,15-16H,4,13-14H2,1-2H3,(H,27,30)(H,28,29)/b22-16-. The second-order valence-electron chi connectivity index (χ2n) is 7.06. The van der Waals surface area contributed by atoms with E-state index in [4.69, 9.17) is 25.5 Å². The van der Waals surface area contributed by atoms with Gasteiger partial charge in [-0.25, -0.2) is 0 Å². The average molecular weight is 469 g/mol.